The minimum absolute atomic E-state index is 0.0851. The lowest BCUT2D eigenvalue weighted by atomic mass is 9.73. The van der Waals surface area contributed by atoms with Crippen molar-refractivity contribution in [2.24, 2.45) is 5.92 Å². The highest BCUT2D eigenvalue weighted by molar-refractivity contribution is 6.10. The average molecular weight is 371 g/mol. The van der Waals surface area contributed by atoms with Crippen LogP contribution < -0.4 is 10.6 Å². The molecule has 1 heterocycles. The largest absolute Gasteiger partial charge is 0.325 e. The van der Waals surface area contributed by atoms with Crippen LogP contribution in [-0.2, 0) is 9.59 Å². The summed E-state index contributed by atoms with van der Waals surface area (Å²) in [5.41, 5.74) is 0.970. The van der Waals surface area contributed by atoms with Crippen molar-refractivity contribution < 1.29 is 14.4 Å². The van der Waals surface area contributed by atoms with Gasteiger partial charge in [-0.05, 0) is 42.7 Å². The molecule has 0 aromatic heterocycles. The smallest absolute Gasteiger partial charge is 0.324 e. The third-order valence-corrected chi connectivity index (χ3v) is 6.18. The Morgan fingerprint density at radius 3 is 2.78 bits per heavy atom. The lowest BCUT2D eigenvalue weighted by Crippen LogP contribution is -2.54. The fourth-order valence-electron chi connectivity index (χ4n) is 4.23. The molecule has 6 nitrogen and oxygen atoms in total. The van der Waals surface area contributed by atoms with Crippen molar-refractivity contribution in [2.45, 2.75) is 64.3 Å². The van der Waals surface area contributed by atoms with Crippen molar-refractivity contribution in [1.29, 1.82) is 0 Å². The van der Waals surface area contributed by atoms with E-state index in [-0.39, 0.29) is 24.3 Å². The first kappa shape index (κ1) is 19.4. The van der Waals surface area contributed by atoms with E-state index in [4.69, 9.17) is 0 Å². The maximum absolute atomic E-state index is 13.0. The van der Waals surface area contributed by atoms with E-state index in [9.17, 15) is 14.4 Å². The van der Waals surface area contributed by atoms with Crippen molar-refractivity contribution in [2.75, 3.05) is 11.9 Å². The fourth-order valence-corrected chi connectivity index (χ4v) is 4.23. The standard InChI is InChI=1S/C21H29N3O3/c1-4-14(2)16-10-5-6-11-17(16)22-18(25)13-24-19(26)21(23-20(24)27)12-8-7-9-15(21)3/h5-6,10-11,14-15H,4,7-9,12-13H2,1-3H3,(H,22,25)(H,23,27)/t14-,15+,21+/m1/s1. The van der Waals surface area contributed by atoms with E-state index < -0.39 is 11.6 Å². The van der Waals surface area contributed by atoms with E-state index in [2.05, 4.69) is 24.5 Å². The van der Waals surface area contributed by atoms with E-state index in [0.717, 1.165) is 41.8 Å². The quantitative estimate of drug-likeness (QED) is 0.776. The first-order chi connectivity index (χ1) is 12.9. The third-order valence-electron chi connectivity index (χ3n) is 6.18. The average Bonchev–Trinajstić information content (AvgIpc) is 2.89. The highest BCUT2D eigenvalue weighted by atomic mass is 16.2. The number of para-hydroxylation sites is 1. The molecule has 0 radical (unpaired) electrons. The Labute approximate surface area is 160 Å². The van der Waals surface area contributed by atoms with Gasteiger partial charge in [-0.15, -0.1) is 0 Å². The maximum atomic E-state index is 13.0. The summed E-state index contributed by atoms with van der Waals surface area (Å²) in [4.78, 5) is 39.1. The van der Waals surface area contributed by atoms with E-state index >= 15 is 0 Å². The molecule has 2 N–H and O–H groups in total. The molecule has 1 saturated heterocycles. The highest BCUT2D eigenvalue weighted by Crippen LogP contribution is 2.38. The van der Waals surface area contributed by atoms with Crippen molar-refractivity contribution in [3.8, 4) is 0 Å². The van der Waals surface area contributed by atoms with Crippen LogP contribution in [0.1, 0.15) is 64.4 Å². The van der Waals surface area contributed by atoms with Gasteiger partial charge in [0.05, 0.1) is 0 Å². The van der Waals surface area contributed by atoms with E-state index in [0.29, 0.717) is 12.3 Å². The van der Waals surface area contributed by atoms with E-state index in [1.807, 2.05) is 31.2 Å². The normalized spacial score (nSPS) is 26.2. The van der Waals surface area contributed by atoms with Gasteiger partial charge < -0.3 is 10.6 Å². The monoisotopic (exact) mass is 371 g/mol. The number of nitrogens with one attached hydrogen (secondary N) is 2. The van der Waals surface area contributed by atoms with Gasteiger partial charge in [0.2, 0.25) is 5.91 Å². The molecule has 27 heavy (non-hydrogen) atoms. The zero-order chi connectivity index (χ0) is 19.6. The Balaban J connectivity index is 1.72. The van der Waals surface area contributed by atoms with Crippen molar-refractivity contribution >= 4 is 23.5 Å². The lowest BCUT2D eigenvalue weighted by molar-refractivity contribution is -0.136. The van der Waals surface area contributed by atoms with Gasteiger partial charge in [0, 0.05) is 5.69 Å². The number of nitrogens with zero attached hydrogens (tertiary/aromatic N) is 1. The summed E-state index contributed by atoms with van der Waals surface area (Å²) in [6.07, 6.45) is 4.50. The van der Waals surface area contributed by atoms with Crippen LogP contribution in [-0.4, -0.2) is 34.8 Å². The molecule has 0 unspecified atom stereocenters. The summed E-state index contributed by atoms with van der Waals surface area (Å²) in [7, 11) is 0. The number of anilines is 1. The molecule has 146 valence electrons. The van der Waals surface area contributed by atoms with Crippen LogP contribution in [0.25, 0.3) is 0 Å². The maximum Gasteiger partial charge on any atom is 0.325 e. The van der Waals surface area contributed by atoms with Crippen LogP contribution in [0.4, 0.5) is 10.5 Å². The van der Waals surface area contributed by atoms with Gasteiger partial charge in [-0.25, -0.2) is 4.79 Å². The molecular weight excluding hydrogens is 342 g/mol. The van der Waals surface area contributed by atoms with Crippen molar-refractivity contribution in [3.63, 3.8) is 0 Å². The van der Waals surface area contributed by atoms with Gasteiger partial charge in [-0.1, -0.05) is 51.8 Å². The summed E-state index contributed by atoms with van der Waals surface area (Å²) in [6.45, 7) is 5.95. The summed E-state index contributed by atoms with van der Waals surface area (Å²) in [5.74, 6) is -0.216. The number of amides is 4. The first-order valence-electron chi connectivity index (χ1n) is 9.92. The molecule has 1 aliphatic carbocycles. The van der Waals surface area contributed by atoms with E-state index in [1.165, 1.54) is 0 Å². The zero-order valence-electron chi connectivity index (χ0n) is 16.4. The molecule has 3 atom stereocenters. The predicted molar refractivity (Wildman–Crippen MR) is 104 cm³/mol. The van der Waals surface area contributed by atoms with Crippen LogP contribution in [0.2, 0.25) is 0 Å². The minimum atomic E-state index is -0.829. The summed E-state index contributed by atoms with van der Waals surface area (Å²) in [6, 6.07) is 7.21. The van der Waals surface area contributed by atoms with Crippen molar-refractivity contribution in [1.82, 2.24) is 10.2 Å². The first-order valence-corrected chi connectivity index (χ1v) is 9.92. The molecule has 0 bridgehead atoms. The van der Waals surface area contributed by atoms with Gasteiger partial charge in [0.1, 0.15) is 12.1 Å². The number of hydrogen-bond donors (Lipinski definition) is 2. The summed E-state index contributed by atoms with van der Waals surface area (Å²) >= 11 is 0. The minimum Gasteiger partial charge on any atom is -0.324 e. The third kappa shape index (κ3) is 3.57. The second kappa shape index (κ2) is 7.71. The number of urea groups is 1. The van der Waals surface area contributed by atoms with Gasteiger partial charge in [0.15, 0.2) is 0 Å². The SMILES string of the molecule is CC[C@@H](C)c1ccccc1NC(=O)CN1C(=O)N[C@]2(CCCC[C@@H]2C)C1=O. The Morgan fingerprint density at radius 2 is 2.07 bits per heavy atom. The van der Waals surface area contributed by atoms with E-state index in [1.54, 1.807) is 0 Å². The summed E-state index contributed by atoms with van der Waals surface area (Å²) < 4.78 is 0. The lowest BCUT2D eigenvalue weighted by Gasteiger charge is -2.36. The molecule has 1 saturated carbocycles. The van der Waals surface area contributed by atoms with Gasteiger partial charge in [-0.3, -0.25) is 14.5 Å². The van der Waals surface area contributed by atoms with Crippen LogP contribution in [0.15, 0.2) is 24.3 Å². The Hall–Kier alpha value is -2.37. The highest BCUT2D eigenvalue weighted by Gasteiger charge is 2.55. The molecule has 2 fully saturated rings. The molecule has 1 aromatic carbocycles. The molecule has 1 spiro atoms. The summed E-state index contributed by atoms with van der Waals surface area (Å²) in [5, 5.41) is 5.77. The Kier molecular flexibility index (Phi) is 5.53. The Morgan fingerprint density at radius 1 is 1.33 bits per heavy atom. The Bertz CT molecular complexity index is 748. The number of hydrogen-bond acceptors (Lipinski definition) is 3. The van der Waals surface area contributed by atoms with Gasteiger partial charge in [-0.2, -0.15) is 0 Å². The molecule has 6 heteroatoms. The second-order valence-electron chi connectivity index (χ2n) is 7.88. The zero-order valence-corrected chi connectivity index (χ0v) is 16.4. The molecule has 2 aliphatic rings. The van der Waals surface area contributed by atoms with Crippen molar-refractivity contribution in [3.05, 3.63) is 29.8 Å². The molecule has 1 aliphatic heterocycles. The van der Waals surface area contributed by atoms with Gasteiger partial charge in [0.25, 0.3) is 5.91 Å². The number of imide groups is 1. The second-order valence-corrected chi connectivity index (χ2v) is 7.88. The fraction of sp³-hybridized carbons (Fsp3) is 0.571. The van der Waals surface area contributed by atoms with Crippen LogP contribution in [0.5, 0.6) is 0 Å². The number of carbonyl (C=O) groups excluding carboxylic acids is 3. The predicted octanol–water partition coefficient (Wildman–Crippen LogP) is 3.64. The van der Waals surface area contributed by atoms with Gasteiger partial charge >= 0.3 is 6.03 Å². The number of rotatable bonds is 5. The van der Waals surface area contributed by atoms with Crippen LogP contribution >= 0.6 is 0 Å². The number of carbonyl (C=O) groups is 3. The molecular formula is C21H29N3O3. The molecule has 4 amide bonds. The van der Waals surface area contributed by atoms with Crippen LogP contribution in [0, 0.1) is 5.92 Å². The van der Waals surface area contributed by atoms with Crippen LogP contribution in [0.3, 0.4) is 0 Å². The molecule has 1 aromatic rings. The number of benzene rings is 1. The topological polar surface area (TPSA) is 78.5 Å². The molecule has 3 rings (SSSR count).